The van der Waals surface area contributed by atoms with Gasteiger partial charge in [-0.2, -0.15) is 0 Å². The van der Waals surface area contributed by atoms with Gasteiger partial charge in [0.15, 0.2) is 18.1 Å². The molecule has 2 amide bonds. The van der Waals surface area contributed by atoms with Crippen LogP contribution < -0.4 is 9.47 Å². The van der Waals surface area contributed by atoms with Gasteiger partial charge in [-0.1, -0.05) is 6.08 Å². The average molecular weight is 489 g/mol. The van der Waals surface area contributed by atoms with E-state index in [1.54, 1.807) is 18.2 Å². The van der Waals surface area contributed by atoms with E-state index >= 15 is 0 Å². The molecule has 0 aromatic heterocycles. The number of carbonyl (C=O) groups is 3. The molecular weight excluding hydrogens is 473 g/mol. The number of thioether (sulfide) groups is 1. The minimum absolute atomic E-state index is 0.170. The van der Waals surface area contributed by atoms with E-state index in [1.165, 1.54) is 20.3 Å². The maximum absolute atomic E-state index is 12.3. The first kappa shape index (κ1) is 20.3. The summed E-state index contributed by atoms with van der Waals surface area (Å²) in [6.07, 6.45) is 3.11. The summed E-state index contributed by atoms with van der Waals surface area (Å²) in [5.41, 5.74) is 0.667. The van der Waals surface area contributed by atoms with Crippen molar-refractivity contribution in [3.63, 3.8) is 0 Å². The predicted octanol–water partition coefficient (Wildman–Crippen LogP) is 3.07. The molecule has 2 rings (SSSR count). The largest absolute Gasteiger partial charge is 0.493 e. The van der Waals surface area contributed by atoms with Gasteiger partial charge in [0.1, 0.15) is 0 Å². The zero-order valence-corrected chi connectivity index (χ0v) is 17.1. The van der Waals surface area contributed by atoms with Gasteiger partial charge in [0.2, 0.25) is 0 Å². The van der Waals surface area contributed by atoms with Crippen molar-refractivity contribution in [3.05, 3.63) is 38.8 Å². The summed E-state index contributed by atoms with van der Waals surface area (Å²) in [5, 5.41) is -0.333. The van der Waals surface area contributed by atoms with Crippen molar-refractivity contribution in [2.24, 2.45) is 0 Å². The molecule has 0 unspecified atom stereocenters. The summed E-state index contributed by atoms with van der Waals surface area (Å²) in [6, 6.07) is 3.42. The van der Waals surface area contributed by atoms with Crippen LogP contribution in [0, 0.1) is 3.57 Å². The second-order valence-electron chi connectivity index (χ2n) is 4.98. The third-order valence-corrected chi connectivity index (χ3v) is 5.01. The van der Waals surface area contributed by atoms with Gasteiger partial charge in [-0.25, -0.2) is 4.79 Å². The molecule has 1 saturated heterocycles. The third-order valence-electron chi connectivity index (χ3n) is 3.30. The first-order valence-electron chi connectivity index (χ1n) is 7.34. The van der Waals surface area contributed by atoms with Crippen LogP contribution in [0.25, 0.3) is 6.08 Å². The predicted molar refractivity (Wildman–Crippen MR) is 106 cm³/mol. The zero-order valence-electron chi connectivity index (χ0n) is 14.1. The fourth-order valence-corrected chi connectivity index (χ4v) is 3.72. The van der Waals surface area contributed by atoms with Crippen LogP contribution in [0.15, 0.2) is 29.7 Å². The lowest BCUT2D eigenvalue weighted by atomic mass is 10.2. The molecule has 26 heavy (non-hydrogen) atoms. The third kappa shape index (κ3) is 4.58. The van der Waals surface area contributed by atoms with Gasteiger partial charge >= 0.3 is 5.97 Å². The van der Waals surface area contributed by atoms with Gasteiger partial charge in [0.05, 0.1) is 22.7 Å². The molecule has 0 bridgehead atoms. The molecule has 0 aliphatic carbocycles. The number of carbonyl (C=O) groups excluding carboxylic acids is 3. The van der Waals surface area contributed by atoms with Crippen molar-refractivity contribution in [2.75, 3.05) is 27.4 Å². The molecule has 1 fully saturated rings. The maximum atomic E-state index is 12.3. The van der Waals surface area contributed by atoms with Crippen LogP contribution in [-0.2, 0) is 14.3 Å². The Morgan fingerprint density at radius 2 is 2.08 bits per heavy atom. The quantitative estimate of drug-likeness (QED) is 0.252. The molecule has 138 valence electrons. The van der Waals surface area contributed by atoms with Crippen LogP contribution in [0.5, 0.6) is 11.5 Å². The highest BCUT2D eigenvalue weighted by Gasteiger charge is 2.34. The van der Waals surface area contributed by atoms with E-state index in [0.717, 1.165) is 16.7 Å². The lowest BCUT2D eigenvalue weighted by molar-refractivity contribution is -0.143. The number of benzene rings is 1. The van der Waals surface area contributed by atoms with Crippen LogP contribution in [0.4, 0.5) is 4.79 Å². The smallest absolute Gasteiger partial charge is 0.343 e. The standard InChI is InChI=1S/C17H16INO6S/c1-4-5-19-16(21)13(26-17(19)22)8-10-6-11(18)15(12(7-10)23-2)25-9-14(20)24-3/h4,6-8H,1,5,9H2,2-3H3/b13-8+. The van der Waals surface area contributed by atoms with Gasteiger partial charge < -0.3 is 14.2 Å². The zero-order chi connectivity index (χ0) is 19.3. The fraction of sp³-hybridized carbons (Fsp3) is 0.235. The highest BCUT2D eigenvalue weighted by atomic mass is 127. The summed E-state index contributed by atoms with van der Waals surface area (Å²) >= 11 is 2.91. The highest BCUT2D eigenvalue weighted by Crippen LogP contribution is 2.37. The number of esters is 1. The summed E-state index contributed by atoms with van der Waals surface area (Å²) in [7, 11) is 2.74. The van der Waals surface area contributed by atoms with Crippen LogP contribution in [0.3, 0.4) is 0 Å². The molecule has 7 nitrogen and oxygen atoms in total. The van der Waals surface area contributed by atoms with E-state index in [1.807, 2.05) is 22.6 Å². The van der Waals surface area contributed by atoms with Crippen LogP contribution in [0.2, 0.25) is 0 Å². The molecule has 0 atom stereocenters. The minimum Gasteiger partial charge on any atom is -0.493 e. The van der Waals surface area contributed by atoms with Gasteiger partial charge in [-0.05, 0) is 58.1 Å². The van der Waals surface area contributed by atoms with Crippen molar-refractivity contribution in [1.82, 2.24) is 4.90 Å². The Bertz CT molecular complexity index is 792. The Labute approximate surface area is 168 Å². The second-order valence-corrected chi connectivity index (χ2v) is 7.14. The molecule has 1 aromatic carbocycles. The second kappa shape index (κ2) is 9.08. The monoisotopic (exact) mass is 489 g/mol. The Kier molecular flexibility index (Phi) is 7.09. The number of hydrogen-bond acceptors (Lipinski definition) is 7. The summed E-state index contributed by atoms with van der Waals surface area (Å²) in [4.78, 5) is 36.9. The normalized spacial score (nSPS) is 15.3. The number of rotatable bonds is 7. The van der Waals surface area contributed by atoms with Crippen molar-refractivity contribution < 1.29 is 28.6 Å². The van der Waals surface area contributed by atoms with Crippen LogP contribution >= 0.6 is 34.4 Å². The Hall–Kier alpha value is -2.01. The number of hydrogen-bond donors (Lipinski definition) is 0. The van der Waals surface area contributed by atoms with Crippen LogP contribution in [0.1, 0.15) is 5.56 Å². The number of ether oxygens (including phenoxy) is 3. The first-order valence-corrected chi connectivity index (χ1v) is 9.24. The number of nitrogens with zero attached hydrogens (tertiary/aromatic N) is 1. The summed E-state index contributed by atoms with van der Waals surface area (Å²) < 4.78 is 16.0. The van der Waals surface area contributed by atoms with E-state index in [4.69, 9.17) is 9.47 Å². The Morgan fingerprint density at radius 1 is 1.35 bits per heavy atom. The molecule has 1 aliphatic heterocycles. The molecule has 0 spiro atoms. The van der Waals surface area contributed by atoms with E-state index < -0.39 is 5.97 Å². The molecule has 0 N–H and O–H groups in total. The maximum Gasteiger partial charge on any atom is 0.343 e. The van der Waals surface area contributed by atoms with Gasteiger partial charge in [0.25, 0.3) is 11.1 Å². The number of halogens is 1. The lowest BCUT2D eigenvalue weighted by Crippen LogP contribution is -2.27. The molecule has 9 heteroatoms. The highest BCUT2D eigenvalue weighted by molar-refractivity contribution is 14.1. The van der Waals surface area contributed by atoms with E-state index in [0.29, 0.717) is 25.5 Å². The van der Waals surface area contributed by atoms with E-state index in [9.17, 15) is 14.4 Å². The molecule has 1 aliphatic rings. The van der Waals surface area contributed by atoms with Crippen molar-refractivity contribution in [2.45, 2.75) is 0 Å². The molecule has 1 heterocycles. The molecule has 0 radical (unpaired) electrons. The topological polar surface area (TPSA) is 82.1 Å². The number of imide groups is 1. The molecule has 0 saturated carbocycles. The van der Waals surface area contributed by atoms with E-state index in [-0.39, 0.29) is 24.3 Å². The van der Waals surface area contributed by atoms with Gasteiger partial charge in [-0.3, -0.25) is 14.5 Å². The van der Waals surface area contributed by atoms with Crippen LogP contribution in [-0.4, -0.2) is 49.4 Å². The van der Waals surface area contributed by atoms with Gasteiger partial charge in [-0.15, -0.1) is 6.58 Å². The lowest BCUT2D eigenvalue weighted by Gasteiger charge is -2.13. The molecular formula is C17H16INO6S. The SMILES string of the molecule is C=CCN1C(=O)S/C(=C/c2cc(I)c(OCC(=O)OC)c(OC)c2)C1=O. The van der Waals surface area contributed by atoms with Crippen molar-refractivity contribution in [1.29, 1.82) is 0 Å². The Balaban J connectivity index is 2.30. The average Bonchev–Trinajstić information content (AvgIpc) is 2.87. The number of methoxy groups -OCH3 is 2. The molecule has 1 aromatic rings. The first-order chi connectivity index (χ1) is 12.4. The number of amides is 2. The van der Waals surface area contributed by atoms with Gasteiger partial charge in [0, 0.05) is 6.54 Å². The minimum atomic E-state index is -0.511. The summed E-state index contributed by atoms with van der Waals surface area (Å²) in [5.74, 6) is -0.0736. The fourth-order valence-electron chi connectivity index (χ4n) is 2.09. The van der Waals surface area contributed by atoms with Crippen molar-refractivity contribution >= 4 is 57.5 Å². The van der Waals surface area contributed by atoms with E-state index in [2.05, 4.69) is 11.3 Å². The summed E-state index contributed by atoms with van der Waals surface area (Å²) in [6.45, 7) is 3.47. The Morgan fingerprint density at radius 3 is 2.69 bits per heavy atom. The van der Waals surface area contributed by atoms with Crippen molar-refractivity contribution in [3.8, 4) is 11.5 Å².